The highest BCUT2D eigenvalue weighted by atomic mass is 28.4. The molecule has 0 rings (SSSR count). The van der Waals surface area contributed by atoms with Gasteiger partial charge in [0, 0.05) is 6.42 Å². The van der Waals surface area contributed by atoms with Crippen LogP contribution in [0.2, 0.25) is 19.6 Å². The summed E-state index contributed by atoms with van der Waals surface area (Å²) in [5.41, 5.74) is 0. The fraction of sp³-hybridized carbons (Fsp3) is 0.909. The lowest BCUT2D eigenvalue weighted by Gasteiger charge is -2.25. The molecule has 0 amide bonds. The fourth-order valence-electron chi connectivity index (χ4n) is 1.38. The van der Waals surface area contributed by atoms with E-state index >= 15 is 0 Å². The highest BCUT2D eigenvalue weighted by Crippen LogP contribution is 2.14. The molecule has 0 aliphatic rings. The van der Waals surface area contributed by atoms with Gasteiger partial charge >= 0.3 is 0 Å². The summed E-state index contributed by atoms with van der Waals surface area (Å²) in [5, 5.41) is 0. The fourth-order valence-corrected chi connectivity index (χ4v) is 2.48. The minimum atomic E-state index is -1.57. The van der Waals surface area contributed by atoms with E-state index in [0.717, 1.165) is 19.3 Å². The summed E-state index contributed by atoms with van der Waals surface area (Å²) in [7, 11) is -1.57. The Balaban J connectivity index is 4.21. The molecule has 0 bridgehead atoms. The topological polar surface area (TPSA) is 26.3 Å². The average molecular weight is 216 g/mol. The Morgan fingerprint density at radius 2 is 1.79 bits per heavy atom. The van der Waals surface area contributed by atoms with Gasteiger partial charge in [-0.15, -0.1) is 0 Å². The Kier molecular flexibility index (Phi) is 6.28. The van der Waals surface area contributed by atoms with Crippen molar-refractivity contribution in [2.45, 2.75) is 65.3 Å². The number of carbonyl (C=O) groups excluding carboxylic acids is 1. The van der Waals surface area contributed by atoms with E-state index in [1.165, 1.54) is 0 Å². The highest BCUT2D eigenvalue weighted by molar-refractivity contribution is 6.69. The molecule has 0 saturated carbocycles. The number of hydrogen-bond donors (Lipinski definition) is 0. The first-order valence-corrected chi connectivity index (χ1v) is 9.02. The van der Waals surface area contributed by atoms with E-state index in [4.69, 9.17) is 4.43 Å². The molecule has 0 spiro atoms. The highest BCUT2D eigenvalue weighted by Gasteiger charge is 2.24. The van der Waals surface area contributed by atoms with Gasteiger partial charge in [0.1, 0.15) is 6.10 Å². The van der Waals surface area contributed by atoms with E-state index in [1.807, 2.05) is 6.92 Å². The van der Waals surface area contributed by atoms with Gasteiger partial charge in [-0.2, -0.15) is 0 Å². The standard InChI is InChI=1S/C11H24O2Si/c1-6-8-10(12)11(9-7-2)13-14(3,4)5/h11H,6-9H2,1-5H3. The predicted octanol–water partition coefficient (Wildman–Crippen LogP) is 3.38. The third-order valence-electron chi connectivity index (χ3n) is 1.90. The van der Waals surface area contributed by atoms with Crippen molar-refractivity contribution in [2.75, 3.05) is 0 Å². The molecule has 0 N–H and O–H groups in total. The van der Waals surface area contributed by atoms with E-state index < -0.39 is 8.32 Å². The zero-order valence-electron chi connectivity index (χ0n) is 10.2. The first-order valence-electron chi connectivity index (χ1n) is 5.61. The van der Waals surface area contributed by atoms with Gasteiger partial charge in [-0.05, 0) is 32.5 Å². The number of Topliss-reactive ketones (excluding diaryl/α,β-unsaturated/α-hetero) is 1. The summed E-state index contributed by atoms with van der Waals surface area (Å²) in [6.45, 7) is 10.5. The molecule has 0 heterocycles. The zero-order chi connectivity index (χ0) is 11.2. The molecule has 0 aromatic rings. The van der Waals surface area contributed by atoms with Gasteiger partial charge in [-0.25, -0.2) is 0 Å². The first-order chi connectivity index (χ1) is 6.40. The summed E-state index contributed by atoms with van der Waals surface area (Å²) < 4.78 is 5.88. The molecule has 0 aromatic carbocycles. The molecule has 14 heavy (non-hydrogen) atoms. The Morgan fingerprint density at radius 1 is 1.21 bits per heavy atom. The molecular weight excluding hydrogens is 192 g/mol. The van der Waals surface area contributed by atoms with Crippen LogP contribution in [0.15, 0.2) is 0 Å². The smallest absolute Gasteiger partial charge is 0.184 e. The quantitative estimate of drug-likeness (QED) is 0.610. The average Bonchev–Trinajstić information content (AvgIpc) is 2.01. The van der Waals surface area contributed by atoms with Crippen LogP contribution in [0.1, 0.15) is 39.5 Å². The van der Waals surface area contributed by atoms with Crippen LogP contribution in [0.25, 0.3) is 0 Å². The molecule has 0 aliphatic heterocycles. The second-order valence-electron chi connectivity index (χ2n) is 4.72. The lowest BCUT2D eigenvalue weighted by Crippen LogP contribution is -2.36. The molecule has 0 fully saturated rings. The minimum absolute atomic E-state index is 0.133. The maximum Gasteiger partial charge on any atom is 0.184 e. The van der Waals surface area contributed by atoms with Crippen LogP contribution < -0.4 is 0 Å². The van der Waals surface area contributed by atoms with Crippen molar-refractivity contribution in [2.24, 2.45) is 0 Å². The van der Waals surface area contributed by atoms with E-state index in [2.05, 4.69) is 26.6 Å². The van der Waals surface area contributed by atoms with E-state index in [-0.39, 0.29) is 11.9 Å². The van der Waals surface area contributed by atoms with Gasteiger partial charge < -0.3 is 4.43 Å². The van der Waals surface area contributed by atoms with Crippen molar-refractivity contribution >= 4 is 14.1 Å². The van der Waals surface area contributed by atoms with Gasteiger partial charge in [0.05, 0.1) is 0 Å². The SMILES string of the molecule is CCCC(=O)C(CCC)O[Si](C)(C)C. The molecule has 84 valence electrons. The van der Waals surface area contributed by atoms with Crippen molar-refractivity contribution in [3.8, 4) is 0 Å². The van der Waals surface area contributed by atoms with E-state index in [0.29, 0.717) is 6.42 Å². The predicted molar refractivity (Wildman–Crippen MR) is 63.0 cm³/mol. The summed E-state index contributed by atoms with van der Waals surface area (Å²) in [5.74, 6) is 0.289. The lowest BCUT2D eigenvalue weighted by molar-refractivity contribution is -0.126. The number of carbonyl (C=O) groups is 1. The summed E-state index contributed by atoms with van der Waals surface area (Å²) in [6.07, 6.45) is 3.35. The van der Waals surface area contributed by atoms with Crippen LogP contribution in [0.4, 0.5) is 0 Å². The maximum absolute atomic E-state index is 11.7. The lowest BCUT2D eigenvalue weighted by atomic mass is 10.1. The van der Waals surface area contributed by atoms with Gasteiger partial charge in [-0.1, -0.05) is 20.3 Å². The normalized spacial score (nSPS) is 14.1. The van der Waals surface area contributed by atoms with Crippen LogP contribution in [0.5, 0.6) is 0 Å². The summed E-state index contributed by atoms with van der Waals surface area (Å²) >= 11 is 0. The monoisotopic (exact) mass is 216 g/mol. The van der Waals surface area contributed by atoms with E-state index in [9.17, 15) is 4.79 Å². The van der Waals surface area contributed by atoms with Crippen LogP contribution >= 0.6 is 0 Å². The summed E-state index contributed by atoms with van der Waals surface area (Å²) in [4.78, 5) is 11.7. The second kappa shape index (κ2) is 6.35. The van der Waals surface area contributed by atoms with Gasteiger partial charge in [-0.3, -0.25) is 4.79 Å². The van der Waals surface area contributed by atoms with Gasteiger partial charge in [0.15, 0.2) is 14.1 Å². The number of rotatable bonds is 7. The van der Waals surface area contributed by atoms with Crippen molar-refractivity contribution in [1.29, 1.82) is 0 Å². The summed E-state index contributed by atoms with van der Waals surface area (Å²) in [6, 6.07) is 0. The van der Waals surface area contributed by atoms with Crippen molar-refractivity contribution in [3.05, 3.63) is 0 Å². The van der Waals surface area contributed by atoms with Crippen molar-refractivity contribution < 1.29 is 9.22 Å². The van der Waals surface area contributed by atoms with Crippen LogP contribution in [0.3, 0.4) is 0 Å². The Morgan fingerprint density at radius 3 is 2.14 bits per heavy atom. The van der Waals surface area contributed by atoms with Crippen LogP contribution in [-0.2, 0) is 9.22 Å². The third-order valence-corrected chi connectivity index (χ3v) is 2.89. The molecule has 0 aromatic heterocycles. The second-order valence-corrected chi connectivity index (χ2v) is 9.18. The molecule has 0 radical (unpaired) electrons. The molecule has 3 heteroatoms. The first kappa shape index (κ1) is 13.8. The van der Waals surface area contributed by atoms with Crippen LogP contribution in [-0.4, -0.2) is 20.2 Å². The number of hydrogen-bond acceptors (Lipinski definition) is 2. The largest absolute Gasteiger partial charge is 0.408 e. The molecule has 1 atom stereocenters. The molecule has 0 aliphatic carbocycles. The zero-order valence-corrected chi connectivity index (χ0v) is 11.2. The van der Waals surface area contributed by atoms with E-state index in [1.54, 1.807) is 0 Å². The molecule has 1 unspecified atom stereocenters. The Bertz CT molecular complexity index is 173. The van der Waals surface area contributed by atoms with Gasteiger partial charge in [0.2, 0.25) is 0 Å². The number of ketones is 1. The minimum Gasteiger partial charge on any atom is -0.408 e. The molecule has 2 nitrogen and oxygen atoms in total. The Labute approximate surface area is 89.2 Å². The van der Waals surface area contributed by atoms with Crippen LogP contribution in [0, 0.1) is 0 Å². The Hall–Kier alpha value is -0.153. The van der Waals surface area contributed by atoms with Crippen molar-refractivity contribution in [3.63, 3.8) is 0 Å². The van der Waals surface area contributed by atoms with Gasteiger partial charge in [0.25, 0.3) is 0 Å². The molecule has 0 saturated heterocycles. The third kappa shape index (κ3) is 6.32. The molecular formula is C11H24O2Si. The van der Waals surface area contributed by atoms with Crippen molar-refractivity contribution in [1.82, 2.24) is 0 Å². The maximum atomic E-state index is 11.7.